The van der Waals surface area contributed by atoms with Crippen LogP contribution in [-0.2, 0) is 0 Å². The minimum atomic E-state index is -0.0663. The Morgan fingerprint density at radius 2 is 1.91 bits per heavy atom. The maximum absolute atomic E-state index is 12.6. The normalized spacial score (nSPS) is 28.9. The van der Waals surface area contributed by atoms with Gasteiger partial charge in [0.05, 0.1) is 5.52 Å². The molecule has 2 saturated heterocycles. The van der Waals surface area contributed by atoms with Crippen molar-refractivity contribution in [2.75, 3.05) is 27.2 Å². The summed E-state index contributed by atoms with van der Waals surface area (Å²) < 4.78 is 0. The van der Waals surface area contributed by atoms with E-state index in [-0.39, 0.29) is 11.9 Å². The van der Waals surface area contributed by atoms with Crippen LogP contribution in [0.15, 0.2) is 24.3 Å². The molecule has 4 rings (SSSR count). The molecule has 2 aliphatic heterocycles. The highest BCUT2D eigenvalue weighted by Crippen LogP contribution is 2.27. The molecule has 6 nitrogen and oxygen atoms in total. The molecule has 0 saturated carbocycles. The number of H-pyrrole nitrogens is 1. The summed E-state index contributed by atoms with van der Waals surface area (Å²) >= 11 is 0. The first-order valence-corrected chi connectivity index (χ1v) is 8.26. The molecular formula is C17H23N5O. The molecule has 1 aromatic carbocycles. The lowest BCUT2D eigenvalue weighted by molar-refractivity contribution is 0.00838. The predicted molar refractivity (Wildman–Crippen MR) is 89.4 cm³/mol. The maximum atomic E-state index is 12.6. The summed E-state index contributed by atoms with van der Waals surface area (Å²) in [5.41, 5.74) is 1.40. The summed E-state index contributed by atoms with van der Waals surface area (Å²) in [6.45, 7) is 2.15. The number of piperidine rings is 1. The number of amides is 1. The van der Waals surface area contributed by atoms with Gasteiger partial charge in [-0.05, 0) is 33.0 Å². The highest BCUT2D eigenvalue weighted by molar-refractivity contribution is 6.04. The van der Waals surface area contributed by atoms with Crippen molar-refractivity contribution in [3.05, 3.63) is 30.0 Å². The number of piperazine rings is 1. The fourth-order valence-corrected chi connectivity index (χ4v) is 4.09. The first-order valence-electron chi connectivity index (χ1n) is 8.26. The molecule has 2 unspecified atom stereocenters. The number of rotatable bonds is 2. The summed E-state index contributed by atoms with van der Waals surface area (Å²) in [5.74, 6) is -0.0663. The maximum Gasteiger partial charge on any atom is 0.272 e. The lowest BCUT2D eigenvalue weighted by atomic mass is 9.88. The summed E-state index contributed by atoms with van der Waals surface area (Å²) in [5, 5.41) is 11.2. The Hall–Kier alpha value is -1.92. The third-order valence-electron chi connectivity index (χ3n) is 5.33. The number of carbonyl (C=O) groups excluding carboxylic acids is 1. The number of para-hydroxylation sites is 1. The molecule has 2 atom stereocenters. The van der Waals surface area contributed by atoms with Gasteiger partial charge in [-0.1, -0.05) is 18.2 Å². The lowest BCUT2D eigenvalue weighted by Gasteiger charge is -2.50. The Morgan fingerprint density at radius 1 is 1.22 bits per heavy atom. The average Bonchev–Trinajstić information content (AvgIpc) is 2.93. The van der Waals surface area contributed by atoms with Gasteiger partial charge < -0.3 is 10.2 Å². The Balaban J connectivity index is 1.49. The van der Waals surface area contributed by atoms with E-state index in [2.05, 4.69) is 39.4 Å². The van der Waals surface area contributed by atoms with Crippen molar-refractivity contribution in [3.8, 4) is 0 Å². The van der Waals surface area contributed by atoms with Crippen molar-refractivity contribution >= 4 is 16.8 Å². The number of carbonyl (C=O) groups is 1. The number of aromatic nitrogens is 2. The second-order valence-electron chi connectivity index (χ2n) is 6.95. The van der Waals surface area contributed by atoms with E-state index in [0.29, 0.717) is 17.8 Å². The van der Waals surface area contributed by atoms with Crippen LogP contribution in [0.5, 0.6) is 0 Å². The number of fused-ring (bicyclic) bond motifs is 3. The summed E-state index contributed by atoms with van der Waals surface area (Å²) in [6, 6.07) is 9.03. The van der Waals surface area contributed by atoms with Crippen LogP contribution in [0, 0.1) is 0 Å². The minimum Gasteiger partial charge on any atom is -0.348 e. The molecule has 1 aromatic heterocycles. The summed E-state index contributed by atoms with van der Waals surface area (Å²) in [6.07, 6.45) is 2.01. The molecule has 2 bridgehead atoms. The second-order valence-corrected chi connectivity index (χ2v) is 6.95. The van der Waals surface area contributed by atoms with Crippen LogP contribution >= 0.6 is 0 Å². The van der Waals surface area contributed by atoms with Crippen LogP contribution in [-0.4, -0.2) is 71.2 Å². The van der Waals surface area contributed by atoms with Crippen LogP contribution in [0.2, 0.25) is 0 Å². The molecule has 2 N–H and O–H groups in total. The molecule has 3 heterocycles. The molecule has 0 radical (unpaired) electrons. The van der Waals surface area contributed by atoms with Gasteiger partial charge in [0.25, 0.3) is 5.91 Å². The van der Waals surface area contributed by atoms with Gasteiger partial charge in [-0.3, -0.25) is 14.8 Å². The van der Waals surface area contributed by atoms with Gasteiger partial charge >= 0.3 is 0 Å². The number of hydrogen-bond donors (Lipinski definition) is 2. The number of nitrogens with zero attached hydrogens (tertiary/aromatic N) is 3. The van der Waals surface area contributed by atoms with E-state index in [9.17, 15) is 4.79 Å². The Kier molecular flexibility index (Phi) is 3.58. The fourth-order valence-electron chi connectivity index (χ4n) is 4.09. The number of nitrogens with one attached hydrogen (secondary N) is 2. The average molecular weight is 313 g/mol. The molecule has 2 aromatic rings. The van der Waals surface area contributed by atoms with Gasteiger partial charge in [0.2, 0.25) is 0 Å². The van der Waals surface area contributed by atoms with Crippen molar-refractivity contribution in [1.82, 2.24) is 25.3 Å². The van der Waals surface area contributed by atoms with Crippen molar-refractivity contribution in [2.24, 2.45) is 0 Å². The van der Waals surface area contributed by atoms with Gasteiger partial charge in [-0.2, -0.15) is 5.10 Å². The molecule has 2 fully saturated rings. The van der Waals surface area contributed by atoms with Crippen molar-refractivity contribution in [3.63, 3.8) is 0 Å². The molecule has 23 heavy (non-hydrogen) atoms. The molecule has 0 spiro atoms. The number of benzene rings is 1. The molecule has 1 amide bonds. The van der Waals surface area contributed by atoms with Crippen LogP contribution in [0.1, 0.15) is 23.3 Å². The lowest BCUT2D eigenvalue weighted by Crippen LogP contribution is -2.63. The van der Waals surface area contributed by atoms with Crippen LogP contribution in [0.3, 0.4) is 0 Å². The van der Waals surface area contributed by atoms with Crippen molar-refractivity contribution in [2.45, 2.75) is 31.0 Å². The van der Waals surface area contributed by atoms with Gasteiger partial charge in [0.15, 0.2) is 5.69 Å². The van der Waals surface area contributed by atoms with Crippen molar-refractivity contribution in [1.29, 1.82) is 0 Å². The zero-order chi connectivity index (χ0) is 16.0. The minimum absolute atomic E-state index is 0.0663. The van der Waals surface area contributed by atoms with E-state index in [1.165, 1.54) is 0 Å². The molecule has 6 heteroatoms. The standard InChI is InChI=1S/C17H23N5O/c1-21-9-12-7-11(8-13(10-21)22(12)2)18-17(23)16-14-5-3-4-6-15(14)19-20-16/h3-6,11-13H,7-10H2,1-2H3,(H,18,23)(H,19,20). The smallest absolute Gasteiger partial charge is 0.272 e. The highest BCUT2D eigenvalue weighted by atomic mass is 16.2. The van der Waals surface area contributed by atoms with E-state index in [1.54, 1.807) is 0 Å². The molecular weight excluding hydrogens is 290 g/mol. The topological polar surface area (TPSA) is 64.3 Å². The first-order chi connectivity index (χ1) is 11.1. The van der Waals surface area contributed by atoms with Crippen LogP contribution in [0.4, 0.5) is 0 Å². The van der Waals surface area contributed by atoms with E-state index in [0.717, 1.165) is 36.8 Å². The molecule has 122 valence electrons. The SMILES string of the molecule is CN1CC2CC(NC(=O)c3n[nH]c4ccccc34)CC(C1)N2C. The number of likely N-dealkylation sites (N-methyl/N-ethyl adjacent to an activating group) is 2. The third-order valence-corrected chi connectivity index (χ3v) is 5.33. The largest absolute Gasteiger partial charge is 0.348 e. The van der Waals surface area contributed by atoms with Gasteiger partial charge in [-0.15, -0.1) is 0 Å². The monoisotopic (exact) mass is 313 g/mol. The number of aromatic amines is 1. The zero-order valence-corrected chi connectivity index (χ0v) is 13.6. The molecule has 2 aliphatic rings. The van der Waals surface area contributed by atoms with E-state index in [1.807, 2.05) is 24.3 Å². The Bertz CT molecular complexity index is 711. The van der Waals surface area contributed by atoms with Crippen LogP contribution < -0.4 is 5.32 Å². The predicted octanol–water partition coefficient (Wildman–Crippen LogP) is 1.07. The first kappa shape index (κ1) is 14.7. The zero-order valence-electron chi connectivity index (χ0n) is 13.6. The molecule has 0 aliphatic carbocycles. The summed E-state index contributed by atoms with van der Waals surface area (Å²) in [4.78, 5) is 17.5. The van der Waals surface area contributed by atoms with Gasteiger partial charge in [-0.25, -0.2) is 0 Å². The number of hydrogen-bond acceptors (Lipinski definition) is 4. The third kappa shape index (κ3) is 2.62. The summed E-state index contributed by atoms with van der Waals surface area (Å²) in [7, 11) is 4.39. The number of likely N-dealkylation sites (tertiary alicyclic amines) is 1. The quantitative estimate of drug-likeness (QED) is 0.870. The highest BCUT2D eigenvalue weighted by Gasteiger charge is 2.38. The fraction of sp³-hybridized carbons (Fsp3) is 0.529. The second kappa shape index (κ2) is 5.62. The van der Waals surface area contributed by atoms with E-state index >= 15 is 0 Å². The van der Waals surface area contributed by atoms with Crippen LogP contribution in [0.25, 0.3) is 10.9 Å². The van der Waals surface area contributed by atoms with E-state index < -0.39 is 0 Å². The van der Waals surface area contributed by atoms with E-state index in [4.69, 9.17) is 0 Å². The van der Waals surface area contributed by atoms with Crippen molar-refractivity contribution < 1.29 is 4.79 Å². The Morgan fingerprint density at radius 3 is 2.65 bits per heavy atom. The van der Waals surface area contributed by atoms with Gasteiger partial charge in [0.1, 0.15) is 0 Å². The van der Waals surface area contributed by atoms with Gasteiger partial charge in [0, 0.05) is 36.6 Å². The Labute approximate surface area is 135 Å².